The van der Waals surface area contributed by atoms with Crippen LogP contribution in [0.25, 0.3) is 16.9 Å². The van der Waals surface area contributed by atoms with Crippen LogP contribution in [0.3, 0.4) is 0 Å². The first-order valence-corrected chi connectivity index (χ1v) is 25.7. The number of hydrogen-bond donors (Lipinski definition) is 3. The second kappa shape index (κ2) is 27.0. The van der Waals surface area contributed by atoms with Gasteiger partial charge in [-0.2, -0.15) is 5.10 Å². The van der Waals surface area contributed by atoms with Crippen LogP contribution in [0, 0.1) is 0 Å². The summed E-state index contributed by atoms with van der Waals surface area (Å²) in [5.41, 5.74) is 3.86. The molecule has 0 radical (unpaired) electrons. The molecule has 3 N–H and O–H groups in total. The number of ether oxygens (including phenoxy) is 4. The van der Waals surface area contributed by atoms with Crippen molar-refractivity contribution >= 4 is 75.8 Å². The largest absolute Gasteiger partial charge is 0.379 e. The fraction of sp³-hybridized carbons (Fsp3) is 0.396. The first-order chi connectivity index (χ1) is 36.5. The molecule has 8 rings (SSSR count). The van der Waals surface area contributed by atoms with Gasteiger partial charge < -0.3 is 49.2 Å². The molecular formula is C53H60Cl2N10O10. The van der Waals surface area contributed by atoms with Crippen LogP contribution < -0.4 is 20.9 Å². The van der Waals surface area contributed by atoms with Crippen molar-refractivity contribution in [1.29, 1.82) is 0 Å². The molecule has 5 aromatic rings. The van der Waals surface area contributed by atoms with E-state index in [0.717, 1.165) is 11.4 Å². The predicted octanol–water partition coefficient (Wildman–Crippen LogP) is 5.19. The molecule has 2 aromatic heterocycles. The molecule has 3 saturated heterocycles. The summed E-state index contributed by atoms with van der Waals surface area (Å²) < 4.78 is 23.9. The van der Waals surface area contributed by atoms with E-state index in [1.165, 1.54) is 16.8 Å². The number of carbonyl (C=O) groups is 6. The van der Waals surface area contributed by atoms with Crippen LogP contribution in [0.2, 0.25) is 10.0 Å². The minimum Gasteiger partial charge on any atom is -0.379 e. The number of halogens is 2. The van der Waals surface area contributed by atoms with Crippen LogP contribution in [0.1, 0.15) is 46.5 Å². The third-order valence-electron chi connectivity index (χ3n) is 12.8. The van der Waals surface area contributed by atoms with Crippen LogP contribution in [0.15, 0.2) is 97.2 Å². The number of nitrogens with one attached hydrogen (secondary N) is 3. The highest BCUT2D eigenvalue weighted by Gasteiger charge is 2.29. The molecule has 396 valence electrons. The number of pyridine rings is 1. The maximum Gasteiger partial charge on any atom is 0.274 e. The number of piperazine rings is 2. The van der Waals surface area contributed by atoms with E-state index in [9.17, 15) is 28.8 Å². The molecule has 22 heteroatoms. The maximum absolute atomic E-state index is 13.8. The average Bonchev–Trinajstić information content (AvgIpc) is 3.85. The van der Waals surface area contributed by atoms with E-state index in [1.54, 1.807) is 46.3 Å². The quantitative estimate of drug-likeness (QED) is 0.0567. The standard InChI is InChI=1S/C53H60Cl2N10O10/c54-42-35-43(55)41(34-40(42)44-8-4-5-17-56-44)51(69)58-47-36-46(60-65(47)39-6-2-1-3-7-39)53(71)64-24-22-63(23-25-64)50(68)16-27-73-29-31-75-33-32-74-30-28-72-26-15-49(67)62-20-18-61(19-21-62)38-11-9-37(10-12-38)57-45-13-14-48(66)59-52(45)70/h1-12,17,34-36,45,57H,13-16,18-33H2,(H,58,69)(H,59,66,70). The van der Waals surface area contributed by atoms with E-state index in [-0.39, 0.29) is 64.7 Å². The van der Waals surface area contributed by atoms with Gasteiger partial charge in [0.15, 0.2) is 5.69 Å². The summed E-state index contributed by atoms with van der Waals surface area (Å²) in [5, 5.41) is 13.5. The number of rotatable bonds is 23. The lowest BCUT2D eigenvalue weighted by Crippen LogP contribution is -2.50. The predicted molar refractivity (Wildman–Crippen MR) is 281 cm³/mol. The highest BCUT2D eigenvalue weighted by Crippen LogP contribution is 2.33. The molecule has 3 aromatic carbocycles. The van der Waals surface area contributed by atoms with Crippen molar-refractivity contribution in [2.45, 2.75) is 31.7 Å². The van der Waals surface area contributed by atoms with Crippen molar-refractivity contribution in [1.82, 2.24) is 34.8 Å². The summed E-state index contributed by atoms with van der Waals surface area (Å²) in [7, 11) is 0. The molecule has 1 atom stereocenters. The van der Waals surface area contributed by atoms with Crippen LogP contribution >= 0.6 is 23.2 Å². The molecule has 0 aliphatic carbocycles. The zero-order valence-electron chi connectivity index (χ0n) is 41.4. The second-order valence-electron chi connectivity index (χ2n) is 17.8. The number of para-hydroxylation sites is 1. The lowest BCUT2D eigenvalue weighted by molar-refractivity contribution is -0.134. The zero-order chi connectivity index (χ0) is 52.5. The fourth-order valence-corrected chi connectivity index (χ4v) is 9.26. The molecule has 20 nitrogen and oxygen atoms in total. The van der Waals surface area contributed by atoms with Crippen molar-refractivity contribution in [2.75, 3.05) is 121 Å². The summed E-state index contributed by atoms with van der Waals surface area (Å²) in [6, 6.07) is 26.5. The number of hydrogen-bond acceptors (Lipinski definition) is 14. The normalized spacial score (nSPS) is 15.9. The van der Waals surface area contributed by atoms with Gasteiger partial charge in [-0.05, 0) is 67.1 Å². The molecular weight excluding hydrogens is 1010 g/mol. The number of carbonyl (C=O) groups excluding carboxylic acids is 6. The minimum absolute atomic E-state index is 0.0528. The van der Waals surface area contributed by atoms with Crippen LogP contribution in [0.4, 0.5) is 17.2 Å². The van der Waals surface area contributed by atoms with Gasteiger partial charge in [-0.25, -0.2) is 4.68 Å². The average molecular weight is 1070 g/mol. The van der Waals surface area contributed by atoms with Gasteiger partial charge in [0.1, 0.15) is 11.9 Å². The Bertz CT molecular complexity index is 2750. The Kier molecular flexibility index (Phi) is 19.6. The summed E-state index contributed by atoms with van der Waals surface area (Å²) in [6.45, 7) is 6.63. The highest BCUT2D eigenvalue weighted by molar-refractivity contribution is 6.38. The molecule has 0 spiro atoms. The van der Waals surface area contributed by atoms with Crippen LogP contribution in [-0.2, 0) is 38.1 Å². The van der Waals surface area contributed by atoms with Gasteiger partial charge in [-0.15, -0.1) is 0 Å². The Morgan fingerprint density at radius 2 is 1.23 bits per heavy atom. The number of imide groups is 1. The van der Waals surface area contributed by atoms with Gasteiger partial charge in [-0.1, -0.05) is 47.5 Å². The van der Waals surface area contributed by atoms with Crippen molar-refractivity contribution in [3.05, 3.63) is 118 Å². The summed E-state index contributed by atoms with van der Waals surface area (Å²) in [6.07, 6.45) is 2.89. The van der Waals surface area contributed by atoms with E-state index in [0.29, 0.717) is 140 Å². The summed E-state index contributed by atoms with van der Waals surface area (Å²) in [5.74, 6) is -1.19. The number of nitrogens with zero attached hydrogens (tertiary/aromatic N) is 7. The van der Waals surface area contributed by atoms with Gasteiger partial charge in [0.2, 0.25) is 23.6 Å². The number of piperidine rings is 1. The zero-order valence-corrected chi connectivity index (χ0v) is 42.9. The number of anilines is 3. The maximum atomic E-state index is 13.8. The fourth-order valence-electron chi connectivity index (χ4n) is 8.70. The first kappa shape index (κ1) is 54.3. The Morgan fingerprint density at radius 1 is 0.640 bits per heavy atom. The van der Waals surface area contributed by atoms with Gasteiger partial charge in [0.05, 0.1) is 92.7 Å². The lowest BCUT2D eigenvalue weighted by Gasteiger charge is -2.36. The van der Waals surface area contributed by atoms with Gasteiger partial charge in [0, 0.05) is 88.0 Å². The van der Waals surface area contributed by atoms with E-state index in [2.05, 4.69) is 30.9 Å². The summed E-state index contributed by atoms with van der Waals surface area (Å²) in [4.78, 5) is 88.6. The Morgan fingerprint density at radius 3 is 1.83 bits per heavy atom. The Hall–Kier alpha value is -6.94. The van der Waals surface area contributed by atoms with E-state index in [1.807, 2.05) is 53.4 Å². The van der Waals surface area contributed by atoms with Crippen molar-refractivity contribution < 1.29 is 47.7 Å². The lowest BCUT2D eigenvalue weighted by atomic mass is 10.1. The van der Waals surface area contributed by atoms with Gasteiger partial charge in [-0.3, -0.25) is 39.1 Å². The van der Waals surface area contributed by atoms with Gasteiger partial charge >= 0.3 is 0 Å². The van der Waals surface area contributed by atoms with Crippen LogP contribution in [0.5, 0.6) is 0 Å². The van der Waals surface area contributed by atoms with Crippen LogP contribution in [-0.4, -0.2) is 176 Å². The number of aromatic nitrogens is 3. The topological polar surface area (TPSA) is 219 Å². The molecule has 3 aliphatic rings. The van der Waals surface area contributed by atoms with Crippen molar-refractivity contribution in [3.8, 4) is 16.9 Å². The first-order valence-electron chi connectivity index (χ1n) is 25.0. The molecule has 3 aliphatic heterocycles. The third kappa shape index (κ3) is 15.1. The summed E-state index contributed by atoms with van der Waals surface area (Å²) >= 11 is 13.0. The molecule has 5 heterocycles. The molecule has 75 heavy (non-hydrogen) atoms. The Balaban J connectivity index is 0.651. The highest BCUT2D eigenvalue weighted by atomic mass is 35.5. The number of benzene rings is 3. The van der Waals surface area contributed by atoms with E-state index in [4.69, 9.17) is 42.1 Å². The van der Waals surface area contributed by atoms with E-state index < -0.39 is 11.9 Å². The second-order valence-corrected chi connectivity index (χ2v) is 18.6. The van der Waals surface area contributed by atoms with Crippen molar-refractivity contribution in [3.63, 3.8) is 0 Å². The third-order valence-corrected chi connectivity index (χ3v) is 13.4. The van der Waals surface area contributed by atoms with Crippen molar-refractivity contribution in [2.24, 2.45) is 0 Å². The smallest absolute Gasteiger partial charge is 0.274 e. The van der Waals surface area contributed by atoms with Gasteiger partial charge in [0.25, 0.3) is 11.8 Å². The Labute approximate surface area is 444 Å². The SMILES string of the molecule is O=C1CCC(Nc2ccc(N3CCN(C(=O)CCOCCOCCOCCOCCC(=O)N4CCN(C(=O)c5cc(NC(=O)c6cc(-c7ccccn7)c(Cl)cc6Cl)n(-c6ccccc6)n5)CC4)CC3)cc2)C(=O)N1. The monoisotopic (exact) mass is 1070 g/mol. The molecule has 3 fully saturated rings. The minimum atomic E-state index is -0.532. The molecule has 0 saturated carbocycles. The van der Waals surface area contributed by atoms with E-state index >= 15 is 0 Å². The molecule has 1 unspecified atom stereocenters. The number of amides is 6. The molecule has 0 bridgehead atoms. The molecule has 6 amide bonds.